The second-order valence-corrected chi connectivity index (χ2v) is 2.44. The van der Waals surface area contributed by atoms with Crippen molar-refractivity contribution in [3.63, 3.8) is 0 Å². The fourth-order valence-corrected chi connectivity index (χ4v) is 0.907. The van der Waals surface area contributed by atoms with Gasteiger partial charge in [-0.05, 0) is 18.2 Å². The van der Waals surface area contributed by atoms with Crippen LogP contribution in [0.4, 0.5) is 5.69 Å². The summed E-state index contributed by atoms with van der Waals surface area (Å²) in [5.74, 6) is 0. The second kappa shape index (κ2) is 3.74. The maximum absolute atomic E-state index is 9.91. The monoisotopic (exact) mass is 179 g/mol. The lowest BCUT2D eigenvalue weighted by atomic mass is 10.2. The predicted molar refractivity (Wildman–Crippen MR) is 45.5 cm³/mol. The molecule has 0 bridgehead atoms. The zero-order valence-electron chi connectivity index (χ0n) is 5.97. The van der Waals surface area contributed by atoms with Crippen molar-refractivity contribution in [1.29, 1.82) is 5.26 Å². The molecule has 0 aromatic heterocycles. The van der Waals surface area contributed by atoms with E-state index in [0.717, 1.165) is 0 Å². The zero-order valence-corrected chi connectivity index (χ0v) is 6.72. The molecule has 1 amide bonds. The highest BCUT2D eigenvalue weighted by atomic mass is 35.5. The number of rotatable bonds is 2. The Kier molecular flexibility index (Phi) is 2.67. The van der Waals surface area contributed by atoms with Gasteiger partial charge in [0.2, 0.25) is 0 Å². The maximum atomic E-state index is 9.91. The maximum Gasteiger partial charge on any atom is 0.314 e. The Hall–Kier alpha value is -1.53. The Morgan fingerprint density at radius 3 is 2.83 bits per heavy atom. The van der Waals surface area contributed by atoms with Crippen LogP contribution < -0.4 is 5.32 Å². The zero-order chi connectivity index (χ0) is 8.97. The molecule has 0 aliphatic carbocycles. The van der Waals surface area contributed by atoms with E-state index in [1.165, 1.54) is 12.5 Å². The van der Waals surface area contributed by atoms with Gasteiger partial charge in [-0.3, -0.25) is 4.79 Å². The first-order valence-electron chi connectivity index (χ1n) is 3.10. The van der Waals surface area contributed by atoms with Gasteiger partial charge in [0.25, 0.3) is 0 Å². The van der Waals surface area contributed by atoms with Gasteiger partial charge in [-0.2, -0.15) is 5.26 Å². The minimum absolute atomic E-state index is 0.330. The topological polar surface area (TPSA) is 52.9 Å². The number of halogens is 1. The molecule has 0 aliphatic heterocycles. The van der Waals surface area contributed by atoms with Crippen LogP contribution in [0, 0.1) is 11.3 Å². The lowest BCUT2D eigenvalue weighted by Gasteiger charge is -1.98. The van der Waals surface area contributed by atoms with E-state index in [2.05, 4.69) is 5.32 Å². The molecule has 0 spiro atoms. The molecule has 0 saturated carbocycles. The fourth-order valence-electron chi connectivity index (χ4n) is 0.748. The molecule has 1 rings (SSSR count). The van der Waals surface area contributed by atoms with E-state index in [4.69, 9.17) is 16.9 Å². The summed E-state index contributed by atoms with van der Waals surface area (Å²) >= 11 is 5.65. The number of hydrogen-bond donors (Lipinski definition) is 1. The van der Waals surface area contributed by atoms with Crippen LogP contribution in [0.25, 0.3) is 0 Å². The van der Waals surface area contributed by atoms with E-state index >= 15 is 0 Å². The average Bonchev–Trinajstić information content (AvgIpc) is 2.09. The summed E-state index contributed by atoms with van der Waals surface area (Å²) in [7, 11) is 0. The van der Waals surface area contributed by atoms with Crippen LogP contribution in [-0.4, -0.2) is 6.41 Å². The molecule has 0 aliphatic rings. The van der Waals surface area contributed by atoms with Gasteiger partial charge < -0.3 is 5.32 Å². The van der Waals surface area contributed by atoms with Crippen LogP contribution in [0.2, 0.25) is 5.02 Å². The molecule has 0 unspecified atom stereocenters. The molecule has 3 nitrogen and oxygen atoms in total. The lowest BCUT2D eigenvalue weighted by molar-refractivity contribution is 0.561. The molecule has 0 atom stereocenters. The van der Waals surface area contributed by atoms with Crippen molar-refractivity contribution in [3.05, 3.63) is 28.8 Å². The molecule has 1 radical (unpaired) electrons. The Morgan fingerprint density at radius 1 is 1.50 bits per heavy atom. The molecule has 1 aromatic rings. The van der Waals surface area contributed by atoms with E-state index in [1.807, 2.05) is 6.07 Å². The summed E-state index contributed by atoms with van der Waals surface area (Å²) in [6, 6.07) is 6.50. The van der Waals surface area contributed by atoms with Gasteiger partial charge in [0.1, 0.15) is 6.07 Å². The highest BCUT2D eigenvalue weighted by molar-refractivity contribution is 6.31. The number of carbonyl (C=O) groups excluding carboxylic acids is 1. The Balaban J connectivity index is 3.07. The summed E-state index contributed by atoms with van der Waals surface area (Å²) in [5.41, 5.74) is 0.836. The van der Waals surface area contributed by atoms with Crippen molar-refractivity contribution < 1.29 is 4.79 Å². The number of hydrogen-bond acceptors (Lipinski definition) is 2. The summed E-state index contributed by atoms with van der Waals surface area (Å²) in [6.45, 7) is 0. The van der Waals surface area contributed by atoms with Crippen LogP contribution in [0.3, 0.4) is 0 Å². The van der Waals surface area contributed by atoms with Crippen LogP contribution in [0.1, 0.15) is 5.56 Å². The first-order valence-corrected chi connectivity index (χ1v) is 3.48. The molecule has 0 heterocycles. The second-order valence-electron chi connectivity index (χ2n) is 2.03. The first kappa shape index (κ1) is 8.57. The van der Waals surface area contributed by atoms with E-state index in [0.29, 0.717) is 16.3 Å². The smallest absolute Gasteiger partial charge is 0.314 e. The van der Waals surface area contributed by atoms with Crippen LogP contribution >= 0.6 is 11.6 Å². The van der Waals surface area contributed by atoms with Crippen molar-refractivity contribution in [2.75, 3.05) is 5.32 Å². The number of nitrogens with one attached hydrogen (secondary N) is 1. The van der Waals surface area contributed by atoms with Gasteiger partial charge in [0.15, 0.2) is 0 Å². The van der Waals surface area contributed by atoms with Crippen LogP contribution in [0.5, 0.6) is 0 Å². The molecule has 12 heavy (non-hydrogen) atoms. The molecular formula is C8H4ClN2O. The van der Waals surface area contributed by atoms with Crippen LogP contribution in [-0.2, 0) is 4.79 Å². The molecule has 0 fully saturated rings. The largest absolute Gasteiger partial charge is 0.318 e. The summed E-state index contributed by atoms with van der Waals surface area (Å²) in [5, 5.41) is 11.2. The third-order valence-corrected chi connectivity index (χ3v) is 1.61. The van der Waals surface area contributed by atoms with Gasteiger partial charge in [-0.25, -0.2) is 0 Å². The Morgan fingerprint density at radius 2 is 2.25 bits per heavy atom. The van der Waals surface area contributed by atoms with Gasteiger partial charge in [-0.1, -0.05) is 11.6 Å². The SMILES string of the molecule is N#Cc1cc(N[C]=O)ccc1Cl. The first-order chi connectivity index (χ1) is 5.77. The molecule has 0 saturated heterocycles. The Bertz CT molecular complexity index is 343. The lowest BCUT2D eigenvalue weighted by Crippen LogP contribution is -1.93. The minimum Gasteiger partial charge on any atom is -0.318 e. The third-order valence-electron chi connectivity index (χ3n) is 1.28. The van der Waals surface area contributed by atoms with Crippen molar-refractivity contribution in [3.8, 4) is 6.07 Å². The average molecular weight is 180 g/mol. The standard InChI is InChI=1S/C8H4ClN2O/c9-8-2-1-7(11-5-12)3-6(8)4-10/h1-3H,(H,11,12). The molecule has 1 N–H and O–H groups in total. The van der Waals surface area contributed by atoms with Crippen molar-refractivity contribution >= 4 is 23.7 Å². The summed E-state index contributed by atoms with van der Waals surface area (Å²) in [6.07, 6.45) is 1.50. The number of anilines is 1. The molecular weight excluding hydrogens is 176 g/mol. The van der Waals surface area contributed by atoms with E-state index in [-0.39, 0.29) is 0 Å². The van der Waals surface area contributed by atoms with Gasteiger partial charge in [-0.15, -0.1) is 0 Å². The number of amides is 1. The van der Waals surface area contributed by atoms with Crippen molar-refractivity contribution in [2.45, 2.75) is 0 Å². The number of benzene rings is 1. The molecule has 1 aromatic carbocycles. The van der Waals surface area contributed by atoms with Crippen molar-refractivity contribution in [1.82, 2.24) is 0 Å². The summed E-state index contributed by atoms with van der Waals surface area (Å²) in [4.78, 5) is 9.91. The quantitative estimate of drug-likeness (QED) is 0.703. The van der Waals surface area contributed by atoms with Crippen molar-refractivity contribution in [2.24, 2.45) is 0 Å². The fraction of sp³-hybridized carbons (Fsp3) is 0. The predicted octanol–water partition coefficient (Wildman–Crippen LogP) is 1.69. The highest BCUT2D eigenvalue weighted by Crippen LogP contribution is 2.18. The van der Waals surface area contributed by atoms with E-state index in [9.17, 15) is 4.79 Å². The normalized spacial score (nSPS) is 8.67. The number of nitrogens with zero attached hydrogens (tertiary/aromatic N) is 1. The molecule has 59 valence electrons. The van der Waals surface area contributed by atoms with Gasteiger partial charge in [0.05, 0.1) is 10.6 Å². The minimum atomic E-state index is 0.330. The Labute approximate surface area is 74.6 Å². The number of nitriles is 1. The van der Waals surface area contributed by atoms with E-state index in [1.54, 1.807) is 12.1 Å². The molecule has 4 heteroatoms. The third kappa shape index (κ3) is 1.74. The van der Waals surface area contributed by atoms with E-state index < -0.39 is 0 Å². The van der Waals surface area contributed by atoms with Gasteiger partial charge >= 0.3 is 6.41 Å². The summed E-state index contributed by atoms with van der Waals surface area (Å²) < 4.78 is 0. The highest BCUT2D eigenvalue weighted by Gasteiger charge is 1.99. The van der Waals surface area contributed by atoms with Gasteiger partial charge in [0, 0.05) is 5.69 Å². The van der Waals surface area contributed by atoms with Crippen LogP contribution in [0.15, 0.2) is 18.2 Å².